The first kappa shape index (κ1) is 4.83. The van der Waals surface area contributed by atoms with Crippen LogP contribution >= 0.6 is 0 Å². The molecule has 2 heteroatoms. The third kappa shape index (κ3) is 1.31. The van der Waals surface area contributed by atoms with Crippen molar-refractivity contribution >= 4 is 0 Å². The minimum atomic E-state index is 1.88. The van der Waals surface area contributed by atoms with Crippen LogP contribution in [0.3, 0.4) is 0 Å². The fraction of sp³-hybridized carbons (Fsp3) is 0. The summed E-state index contributed by atoms with van der Waals surface area (Å²) < 4.78 is 1.88. The van der Waals surface area contributed by atoms with E-state index in [0.717, 1.165) is 0 Å². The van der Waals surface area contributed by atoms with Crippen LogP contribution in [0.25, 0.3) is 0 Å². The van der Waals surface area contributed by atoms with E-state index in [1.54, 1.807) is 0 Å². The summed E-state index contributed by atoms with van der Waals surface area (Å²) in [5.41, 5.74) is 0. The quantitative estimate of drug-likeness (QED) is 0.476. The average Bonchev–Trinajstić information content (AvgIpc) is 1.69. The normalized spacial score (nSPS) is 8.57. The van der Waals surface area contributed by atoms with Crippen LogP contribution in [0.2, 0.25) is 0 Å². The maximum atomic E-state index is 2.82. The van der Waals surface area contributed by atoms with Crippen molar-refractivity contribution in [3.63, 3.8) is 0 Å². The van der Waals surface area contributed by atoms with Gasteiger partial charge in [0.15, 0.2) is 0 Å². The van der Waals surface area contributed by atoms with E-state index in [0.29, 0.717) is 0 Å². The van der Waals surface area contributed by atoms with Crippen molar-refractivity contribution in [1.82, 2.24) is 0 Å². The predicted molar refractivity (Wildman–Crippen MR) is 22.0 cm³/mol. The fourth-order valence-corrected chi connectivity index (χ4v) is 0.602. The minimum absolute atomic E-state index is 1.88. The van der Waals surface area contributed by atoms with Gasteiger partial charge in [-0.05, 0) is 0 Å². The Kier molecular flexibility index (Phi) is 1.46. The molecule has 0 atom stereocenters. The number of aromatic nitrogens is 1. The molecule has 0 radical (unpaired) electrons. The van der Waals surface area contributed by atoms with Gasteiger partial charge in [-0.3, -0.25) is 0 Å². The molecule has 1 nitrogen and oxygen atoms in total. The van der Waals surface area contributed by atoms with Crippen LogP contribution in [0.4, 0.5) is 0 Å². The van der Waals surface area contributed by atoms with Gasteiger partial charge in [0, 0.05) is 0 Å². The van der Waals surface area contributed by atoms with E-state index in [2.05, 4.69) is 16.5 Å². The molecule has 0 aliphatic carbocycles. The molecule has 1 aromatic rings. The van der Waals surface area contributed by atoms with E-state index in [-0.39, 0.29) is 0 Å². The maximum absolute atomic E-state index is 2.82. The van der Waals surface area contributed by atoms with E-state index in [1.807, 2.05) is 34.1 Å². The molecule has 0 amide bonds. The van der Waals surface area contributed by atoms with E-state index in [1.165, 1.54) is 0 Å². The van der Waals surface area contributed by atoms with Gasteiger partial charge in [-0.15, -0.1) is 0 Å². The van der Waals surface area contributed by atoms with Crippen LogP contribution in [-0.2, 0) is 16.5 Å². The SMILES string of the molecule is [Cr][n+]1ccccc1. The third-order valence-electron chi connectivity index (χ3n) is 0.688. The van der Waals surface area contributed by atoms with Crippen molar-refractivity contribution < 1.29 is 20.1 Å². The molecule has 1 heterocycles. The van der Waals surface area contributed by atoms with E-state index < -0.39 is 0 Å². The average molecular weight is 131 g/mol. The Morgan fingerprint density at radius 3 is 1.86 bits per heavy atom. The van der Waals surface area contributed by atoms with Crippen LogP contribution in [0.15, 0.2) is 30.6 Å². The number of pyridine rings is 1. The Hall–Kier alpha value is -0.318. The molecule has 0 aliphatic heterocycles. The van der Waals surface area contributed by atoms with Crippen molar-refractivity contribution in [3.05, 3.63) is 30.6 Å². The molecule has 1 aromatic heterocycles. The molecule has 1 rings (SSSR count). The second kappa shape index (κ2) is 2.11. The van der Waals surface area contributed by atoms with E-state index in [4.69, 9.17) is 0 Å². The molecule has 0 spiro atoms. The van der Waals surface area contributed by atoms with Crippen molar-refractivity contribution in [2.75, 3.05) is 0 Å². The second-order valence-corrected chi connectivity index (χ2v) is 1.89. The summed E-state index contributed by atoms with van der Waals surface area (Å²) in [7, 11) is 0. The molecular formula is C5H5CrN+. The van der Waals surface area contributed by atoms with Crippen LogP contribution in [0.1, 0.15) is 0 Å². The predicted octanol–water partition coefficient (Wildman–Crippen LogP) is 0.284. The number of hydrogen-bond donors (Lipinski definition) is 0. The zero-order chi connectivity index (χ0) is 5.11. The van der Waals surface area contributed by atoms with Crippen LogP contribution in [-0.4, -0.2) is 0 Å². The van der Waals surface area contributed by atoms with Gasteiger partial charge in [-0.2, -0.15) is 0 Å². The van der Waals surface area contributed by atoms with Crippen molar-refractivity contribution in [2.24, 2.45) is 0 Å². The van der Waals surface area contributed by atoms with E-state index >= 15 is 0 Å². The molecule has 0 fully saturated rings. The Morgan fingerprint density at radius 2 is 1.57 bits per heavy atom. The second-order valence-electron chi connectivity index (χ2n) is 1.24. The van der Waals surface area contributed by atoms with Gasteiger partial charge in [0.1, 0.15) is 0 Å². The number of hydrogen-bond acceptors (Lipinski definition) is 0. The van der Waals surface area contributed by atoms with Gasteiger partial charge in [0.2, 0.25) is 0 Å². The Labute approximate surface area is 51.2 Å². The molecule has 0 saturated carbocycles. The monoisotopic (exact) mass is 131 g/mol. The zero-order valence-corrected chi connectivity index (χ0v) is 5.02. The zero-order valence-electron chi connectivity index (χ0n) is 3.74. The Bertz CT molecular complexity index is 138. The van der Waals surface area contributed by atoms with Crippen LogP contribution in [0, 0.1) is 0 Å². The van der Waals surface area contributed by atoms with Crippen molar-refractivity contribution in [3.8, 4) is 0 Å². The summed E-state index contributed by atoms with van der Waals surface area (Å²) in [4.78, 5) is 0. The summed E-state index contributed by atoms with van der Waals surface area (Å²) in [6.45, 7) is 0. The third-order valence-corrected chi connectivity index (χ3v) is 1.07. The number of rotatable bonds is 0. The molecule has 7 heavy (non-hydrogen) atoms. The summed E-state index contributed by atoms with van der Waals surface area (Å²) in [5.74, 6) is 0. The first-order chi connectivity index (χ1) is 3.39. The van der Waals surface area contributed by atoms with Crippen LogP contribution in [0.5, 0.6) is 0 Å². The molecule has 0 aliphatic rings. The van der Waals surface area contributed by atoms with E-state index in [9.17, 15) is 0 Å². The van der Waals surface area contributed by atoms with Crippen molar-refractivity contribution in [1.29, 1.82) is 0 Å². The van der Waals surface area contributed by atoms with Gasteiger partial charge in [0.05, 0.1) is 0 Å². The molecule has 35 valence electrons. The van der Waals surface area contributed by atoms with Gasteiger partial charge < -0.3 is 0 Å². The molecule has 0 aromatic carbocycles. The summed E-state index contributed by atoms with van der Waals surface area (Å²) in [6.07, 6.45) is 3.89. The molecular weight excluding hydrogens is 126 g/mol. The van der Waals surface area contributed by atoms with Gasteiger partial charge in [-0.25, -0.2) is 0 Å². The first-order valence-electron chi connectivity index (χ1n) is 2.03. The Balaban J connectivity index is 3.02. The molecule has 0 N–H and O–H groups in total. The van der Waals surface area contributed by atoms with Crippen molar-refractivity contribution in [2.45, 2.75) is 0 Å². The standard InChI is InChI=1S/C5H5N.Cr/c1-2-4-6-5-3-1;/h1-5H;/q;+1. The first-order valence-corrected chi connectivity index (χ1v) is 2.60. The summed E-state index contributed by atoms with van der Waals surface area (Å²) in [5, 5.41) is 0. The molecule has 0 saturated heterocycles. The topological polar surface area (TPSA) is 3.88 Å². The fourth-order valence-electron chi connectivity index (χ4n) is 0.383. The summed E-state index contributed by atoms with van der Waals surface area (Å²) >= 11 is 2.82. The Morgan fingerprint density at radius 1 is 1.00 bits per heavy atom. The molecule has 0 unspecified atom stereocenters. The van der Waals surface area contributed by atoms with Gasteiger partial charge in [-0.1, -0.05) is 0 Å². The van der Waals surface area contributed by atoms with Gasteiger partial charge >= 0.3 is 50.7 Å². The van der Waals surface area contributed by atoms with Gasteiger partial charge in [0.25, 0.3) is 0 Å². The summed E-state index contributed by atoms with van der Waals surface area (Å²) in [6, 6.07) is 5.92. The van der Waals surface area contributed by atoms with Crippen LogP contribution < -0.4 is 3.55 Å². The number of nitrogens with zero attached hydrogens (tertiary/aromatic N) is 1. The molecule has 0 bridgehead atoms.